The van der Waals surface area contributed by atoms with Crippen molar-refractivity contribution in [3.63, 3.8) is 0 Å². The Morgan fingerprint density at radius 3 is 2.32 bits per heavy atom. The molecule has 0 N–H and O–H groups in total. The maximum Gasteiger partial charge on any atom is 0.416 e. The molecule has 3 aromatic rings. The van der Waals surface area contributed by atoms with Gasteiger partial charge >= 0.3 is 6.18 Å². The lowest BCUT2D eigenvalue weighted by molar-refractivity contribution is -0.137. The zero-order valence-corrected chi connectivity index (χ0v) is 15.0. The average molecular weight is 389 g/mol. The van der Waals surface area contributed by atoms with Gasteiger partial charge in [0, 0.05) is 12.3 Å². The van der Waals surface area contributed by atoms with Gasteiger partial charge in [-0.2, -0.15) is 13.2 Å². The Balaban J connectivity index is 1.54. The minimum Gasteiger partial charge on any atom is -0.490 e. The topological polar surface area (TPSA) is 40.6 Å². The Kier molecular flexibility index (Phi) is 6.03. The van der Waals surface area contributed by atoms with Gasteiger partial charge in [0.05, 0.1) is 5.56 Å². The molecule has 1 heterocycles. The fraction of sp³-hybridized carbons (Fsp3) is 0.190. The quantitative estimate of drug-likeness (QED) is 0.517. The van der Waals surface area contributed by atoms with Crippen LogP contribution < -0.4 is 14.2 Å². The molecule has 0 fully saturated rings. The summed E-state index contributed by atoms with van der Waals surface area (Å²) in [5.41, 5.74) is -0.758. The Morgan fingerprint density at radius 2 is 1.64 bits per heavy atom. The number of hydrogen-bond donors (Lipinski definition) is 0. The summed E-state index contributed by atoms with van der Waals surface area (Å²) < 4.78 is 55.0. The molecular weight excluding hydrogens is 371 g/mol. The van der Waals surface area contributed by atoms with Crippen LogP contribution in [0, 0.1) is 0 Å². The standard InChI is InChI=1S/C21H18F3NO3/c1-15(27-20-7-2-3-12-25-20)14-26-17-8-10-18(11-9-17)28-19-6-4-5-16(13-19)21(22,23)24/h2-13,15H,14H2,1H3. The van der Waals surface area contributed by atoms with Gasteiger partial charge in [-0.15, -0.1) is 0 Å². The second kappa shape index (κ2) is 8.65. The van der Waals surface area contributed by atoms with Crippen LogP contribution in [-0.2, 0) is 6.18 Å². The monoisotopic (exact) mass is 389 g/mol. The molecule has 1 atom stereocenters. The largest absolute Gasteiger partial charge is 0.490 e. The fourth-order valence-electron chi connectivity index (χ4n) is 2.35. The minimum atomic E-state index is -4.41. The van der Waals surface area contributed by atoms with E-state index in [2.05, 4.69) is 4.98 Å². The number of alkyl halides is 3. The summed E-state index contributed by atoms with van der Waals surface area (Å²) in [7, 11) is 0. The summed E-state index contributed by atoms with van der Waals surface area (Å²) in [5, 5.41) is 0. The summed E-state index contributed by atoms with van der Waals surface area (Å²) in [4.78, 5) is 4.08. The van der Waals surface area contributed by atoms with Crippen LogP contribution >= 0.6 is 0 Å². The van der Waals surface area contributed by atoms with Gasteiger partial charge in [-0.1, -0.05) is 12.1 Å². The van der Waals surface area contributed by atoms with Crippen molar-refractivity contribution in [1.82, 2.24) is 4.98 Å². The molecule has 0 bridgehead atoms. The predicted octanol–water partition coefficient (Wildman–Crippen LogP) is 5.74. The molecule has 3 rings (SSSR count). The number of nitrogens with zero attached hydrogens (tertiary/aromatic N) is 1. The molecule has 28 heavy (non-hydrogen) atoms. The fourth-order valence-corrected chi connectivity index (χ4v) is 2.35. The molecule has 1 unspecified atom stereocenters. The van der Waals surface area contributed by atoms with Crippen molar-refractivity contribution < 1.29 is 27.4 Å². The highest BCUT2D eigenvalue weighted by Gasteiger charge is 2.30. The van der Waals surface area contributed by atoms with E-state index in [1.165, 1.54) is 12.1 Å². The zero-order chi connectivity index (χ0) is 20.0. The van der Waals surface area contributed by atoms with E-state index in [0.29, 0.717) is 24.0 Å². The first kappa shape index (κ1) is 19.5. The van der Waals surface area contributed by atoms with E-state index in [1.54, 1.807) is 42.6 Å². The molecule has 1 aromatic heterocycles. The van der Waals surface area contributed by atoms with Crippen LogP contribution in [0.5, 0.6) is 23.1 Å². The molecule has 0 aliphatic rings. The number of halogens is 3. The van der Waals surface area contributed by atoms with E-state index in [9.17, 15) is 13.2 Å². The third-order valence-electron chi connectivity index (χ3n) is 3.67. The van der Waals surface area contributed by atoms with E-state index in [1.807, 2.05) is 13.0 Å². The summed E-state index contributed by atoms with van der Waals surface area (Å²) >= 11 is 0. The van der Waals surface area contributed by atoms with Crippen molar-refractivity contribution in [3.8, 4) is 23.1 Å². The van der Waals surface area contributed by atoms with Gasteiger partial charge in [-0.25, -0.2) is 4.98 Å². The number of benzene rings is 2. The Morgan fingerprint density at radius 1 is 0.893 bits per heavy atom. The van der Waals surface area contributed by atoms with Gasteiger partial charge in [0.2, 0.25) is 5.88 Å². The van der Waals surface area contributed by atoms with Gasteiger partial charge < -0.3 is 14.2 Å². The van der Waals surface area contributed by atoms with Crippen molar-refractivity contribution in [2.75, 3.05) is 6.61 Å². The summed E-state index contributed by atoms with van der Waals surface area (Å²) in [6, 6.07) is 16.7. The molecule has 4 nitrogen and oxygen atoms in total. The summed E-state index contributed by atoms with van der Waals surface area (Å²) in [6.45, 7) is 2.17. The highest BCUT2D eigenvalue weighted by atomic mass is 19.4. The SMILES string of the molecule is CC(COc1ccc(Oc2cccc(C(F)(F)F)c2)cc1)Oc1ccccn1. The zero-order valence-electron chi connectivity index (χ0n) is 15.0. The molecule has 0 aliphatic heterocycles. The molecule has 0 saturated carbocycles. The molecule has 0 radical (unpaired) electrons. The van der Waals surface area contributed by atoms with E-state index in [-0.39, 0.29) is 11.9 Å². The molecule has 0 aliphatic carbocycles. The van der Waals surface area contributed by atoms with Crippen LogP contribution in [0.2, 0.25) is 0 Å². The Bertz CT molecular complexity index is 883. The van der Waals surface area contributed by atoms with Gasteiger partial charge in [0.15, 0.2) is 0 Å². The van der Waals surface area contributed by atoms with Crippen molar-refractivity contribution in [1.29, 1.82) is 0 Å². The van der Waals surface area contributed by atoms with Gasteiger partial charge in [0.25, 0.3) is 0 Å². The number of rotatable bonds is 7. The van der Waals surface area contributed by atoms with Gasteiger partial charge in [-0.3, -0.25) is 0 Å². The summed E-state index contributed by atoms with van der Waals surface area (Å²) in [6.07, 6.45) is -2.98. The third kappa shape index (κ3) is 5.64. The molecule has 0 amide bonds. The number of pyridine rings is 1. The normalized spacial score (nSPS) is 12.3. The van der Waals surface area contributed by atoms with Crippen molar-refractivity contribution >= 4 is 0 Å². The maximum atomic E-state index is 12.8. The van der Waals surface area contributed by atoms with E-state index < -0.39 is 11.7 Å². The molecule has 2 aromatic carbocycles. The molecule has 146 valence electrons. The van der Waals surface area contributed by atoms with Crippen LogP contribution in [0.1, 0.15) is 12.5 Å². The van der Waals surface area contributed by atoms with Crippen LogP contribution in [0.15, 0.2) is 72.9 Å². The number of ether oxygens (including phenoxy) is 3. The van der Waals surface area contributed by atoms with Crippen LogP contribution in [0.25, 0.3) is 0 Å². The second-order valence-electron chi connectivity index (χ2n) is 6.01. The molecular formula is C21H18F3NO3. The average Bonchev–Trinajstić information content (AvgIpc) is 2.68. The third-order valence-corrected chi connectivity index (χ3v) is 3.67. The van der Waals surface area contributed by atoms with Crippen LogP contribution in [0.4, 0.5) is 13.2 Å². The van der Waals surface area contributed by atoms with Crippen molar-refractivity contribution in [2.45, 2.75) is 19.2 Å². The van der Waals surface area contributed by atoms with Crippen LogP contribution in [-0.4, -0.2) is 17.7 Å². The smallest absolute Gasteiger partial charge is 0.416 e. The highest BCUT2D eigenvalue weighted by molar-refractivity contribution is 5.37. The maximum absolute atomic E-state index is 12.8. The second-order valence-corrected chi connectivity index (χ2v) is 6.01. The van der Waals surface area contributed by atoms with Gasteiger partial charge in [0.1, 0.15) is 30.0 Å². The first-order chi connectivity index (χ1) is 13.4. The minimum absolute atomic E-state index is 0.112. The summed E-state index contributed by atoms with van der Waals surface area (Å²) in [5.74, 6) is 1.63. The first-order valence-electron chi connectivity index (χ1n) is 8.56. The van der Waals surface area contributed by atoms with Crippen molar-refractivity contribution in [3.05, 3.63) is 78.5 Å². The highest BCUT2D eigenvalue weighted by Crippen LogP contribution is 2.33. The lowest BCUT2D eigenvalue weighted by Crippen LogP contribution is -2.21. The number of aromatic nitrogens is 1. The van der Waals surface area contributed by atoms with Crippen LogP contribution in [0.3, 0.4) is 0 Å². The van der Waals surface area contributed by atoms with E-state index in [4.69, 9.17) is 14.2 Å². The van der Waals surface area contributed by atoms with E-state index >= 15 is 0 Å². The molecule has 0 saturated heterocycles. The van der Waals surface area contributed by atoms with E-state index in [0.717, 1.165) is 12.1 Å². The Labute approximate surface area is 160 Å². The van der Waals surface area contributed by atoms with Gasteiger partial charge in [-0.05, 0) is 55.5 Å². The first-order valence-corrected chi connectivity index (χ1v) is 8.56. The van der Waals surface area contributed by atoms with Crippen molar-refractivity contribution in [2.24, 2.45) is 0 Å². The number of hydrogen-bond acceptors (Lipinski definition) is 4. The lowest BCUT2D eigenvalue weighted by Gasteiger charge is -2.15. The lowest BCUT2D eigenvalue weighted by atomic mass is 10.2. The molecule has 0 spiro atoms. The predicted molar refractivity (Wildman–Crippen MR) is 97.8 cm³/mol. The Hall–Kier alpha value is -3.22. The molecule has 7 heteroatoms.